The lowest BCUT2D eigenvalue weighted by Gasteiger charge is -2.29. The van der Waals surface area contributed by atoms with Crippen LogP contribution in [0.1, 0.15) is 32.0 Å². The van der Waals surface area contributed by atoms with Gasteiger partial charge in [0.05, 0.1) is 32.0 Å². The summed E-state index contributed by atoms with van der Waals surface area (Å²) in [4.78, 5) is 30.4. The van der Waals surface area contributed by atoms with Crippen molar-refractivity contribution in [3.05, 3.63) is 52.8 Å². The first-order valence-corrected chi connectivity index (χ1v) is 7.76. The molecule has 1 aliphatic rings. The van der Waals surface area contributed by atoms with Crippen LogP contribution >= 0.6 is 0 Å². The molecule has 25 heavy (non-hydrogen) atoms. The number of carbonyl (C=O) groups is 2. The zero-order valence-electron chi connectivity index (χ0n) is 14.0. The van der Waals surface area contributed by atoms with Crippen LogP contribution in [0.15, 0.2) is 30.5 Å². The zero-order chi connectivity index (χ0) is 18.0. The Hall–Kier alpha value is -3.09. The van der Waals surface area contributed by atoms with Gasteiger partial charge in [-0.25, -0.2) is 4.79 Å². The number of phenols is 1. The summed E-state index contributed by atoms with van der Waals surface area (Å²) < 4.78 is 9.84. The van der Waals surface area contributed by atoms with E-state index in [4.69, 9.17) is 4.74 Å². The number of carbonyl (C=O) groups excluding carboxylic acids is 2. The maximum absolute atomic E-state index is 12.8. The van der Waals surface area contributed by atoms with Gasteiger partial charge in [0, 0.05) is 29.9 Å². The third-order valence-electron chi connectivity index (χ3n) is 4.17. The summed E-state index contributed by atoms with van der Waals surface area (Å²) in [6.07, 6.45) is 2.12. The monoisotopic (exact) mass is 342 g/mol. The van der Waals surface area contributed by atoms with E-state index in [9.17, 15) is 14.7 Å². The number of rotatable bonds is 4. The summed E-state index contributed by atoms with van der Waals surface area (Å²) in [7, 11) is 2.82. The summed E-state index contributed by atoms with van der Waals surface area (Å²) in [6.45, 7) is 0.772. The topological polar surface area (TPSA) is 89.0 Å². The molecule has 2 aromatic rings. The minimum absolute atomic E-state index is 0.0644. The number of aromatic nitrogens is 1. The van der Waals surface area contributed by atoms with E-state index in [1.807, 2.05) is 0 Å². The lowest BCUT2D eigenvalue weighted by molar-refractivity contribution is 0.0600. The number of phenolic OH excluding ortho intramolecular Hbond substituents is 1. The lowest BCUT2D eigenvalue weighted by Crippen LogP contribution is -2.37. The summed E-state index contributed by atoms with van der Waals surface area (Å²) >= 11 is 0. The first-order chi connectivity index (χ1) is 12.0. The van der Waals surface area contributed by atoms with Gasteiger partial charge in [-0.05, 0) is 24.6 Å². The normalized spacial score (nSPS) is 13.4. The average Bonchev–Trinajstić information content (AvgIpc) is 2.63. The third-order valence-corrected chi connectivity index (χ3v) is 4.17. The average molecular weight is 342 g/mol. The molecular weight excluding hydrogens is 324 g/mol. The Bertz CT molecular complexity index is 834. The van der Waals surface area contributed by atoms with Gasteiger partial charge < -0.3 is 19.5 Å². The minimum Gasteiger partial charge on any atom is -0.508 e. The number of hydrogen-bond acceptors (Lipinski definition) is 6. The van der Waals surface area contributed by atoms with Crippen molar-refractivity contribution in [2.24, 2.45) is 0 Å². The summed E-state index contributed by atoms with van der Waals surface area (Å²) in [5.74, 6) is -0.254. The molecule has 7 heteroatoms. The highest BCUT2D eigenvalue weighted by Crippen LogP contribution is 2.30. The van der Waals surface area contributed by atoms with Crippen LogP contribution in [0.4, 0.5) is 0 Å². The van der Waals surface area contributed by atoms with E-state index in [0.717, 1.165) is 0 Å². The molecule has 1 aromatic heterocycles. The maximum Gasteiger partial charge on any atom is 0.338 e. The molecule has 0 unspecified atom stereocenters. The quantitative estimate of drug-likeness (QED) is 0.852. The predicted molar refractivity (Wildman–Crippen MR) is 88.7 cm³/mol. The van der Waals surface area contributed by atoms with Crippen molar-refractivity contribution in [3.63, 3.8) is 0 Å². The highest BCUT2D eigenvalue weighted by Gasteiger charge is 2.28. The predicted octanol–water partition coefficient (Wildman–Crippen LogP) is 1.78. The first kappa shape index (κ1) is 16.8. The molecule has 1 aromatic carbocycles. The van der Waals surface area contributed by atoms with E-state index in [1.54, 1.807) is 30.3 Å². The summed E-state index contributed by atoms with van der Waals surface area (Å²) in [5, 5.41) is 10.1. The number of amides is 1. The molecule has 7 nitrogen and oxygen atoms in total. The van der Waals surface area contributed by atoms with Crippen molar-refractivity contribution in [2.75, 3.05) is 20.8 Å². The minimum atomic E-state index is -0.600. The molecule has 0 saturated carbocycles. The summed E-state index contributed by atoms with van der Waals surface area (Å²) in [6, 6.07) is 6.30. The second kappa shape index (κ2) is 6.80. The van der Waals surface area contributed by atoms with Gasteiger partial charge in [0.25, 0.3) is 5.91 Å². The van der Waals surface area contributed by atoms with Crippen molar-refractivity contribution in [1.29, 1.82) is 0 Å². The highest BCUT2D eigenvalue weighted by atomic mass is 16.5. The van der Waals surface area contributed by atoms with Crippen LogP contribution in [0, 0.1) is 0 Å². The van der Waals surface area contributed by atoms with Crippen molar-refractivity contribution < 1.29 is 24.2 Å². The van der Waals surface area contributed by atoms with Gasteiger partial charge >= 0.3 is 5.97 Å². The molecule has 2 heterocycles. The standard InChI is InChI=1S/C18H18N2O5/c1-24-13-3-5-19-12(9-13)10-20-6-4-14-15(17(20)22)7-11(8-16(14)21)18(23)25-2/h3,5,7-9,21H,4,6,10H2,1-2H3. The molecule has 3 rings (SSSR count). The van der Waals surface area contributed by atoms with E-state index < -0.39 is 5.97 Å². The Balaban J connectivity index is 1.89. The number of pyridine rings is 1. The molecule has 0 fully saturated rings. The Morgan fingerprint density at radius 3 is 2.84 bits per heavy atom. The van der Waals surface area contributed by atoms with E-state index in [1.165, 1.54) is 19.2 Å². The largest absolute Gasteiger partial charge is 0.508 e. The fraction of sp³-hybridized carbons (Fsp3) is 0.278. The molecular formula is C18H18N2O5. The Morgan fingerprint density at radius 2 is 2.12 bits per heavy atom. The van der Waals surface area contributed by atoms with Crippen molar-refractivity contribution >= 4 is 11.9 Å². The smallest absolute Gasteiger partial charge is 0.338 e. The van der Waals surface area contributed by atoms with E-state index >= 15 is 0 Å². The van der Waals surface area contributed by atoms with Gasteiger partial charge in [0.2, 0.25) is 0 Å². The Morgan fingerprint density at radius 1 is 1.32 bits per heavy atom. The number of nitrogens with zero attached hydrogens (tertiary/aromatic N) is 2. The lowest BCUT2D eigenvalue weighted by atomic mass is 9.95. The highest BCUT2D eigenvalue weighted by molar-refractivity contribution is 6.00. The SMILES string of the molecule is COC(=O)c1cc(O)c2c(c1)C(=O)N(Cc1cc(OC)ccn1)CC2. The molecule has 1 amide bonds. The van der Waals surface area contributed by atoms with Crippen LogP contribution in [-0.4, -0.2) is 47.6 Å². The van der Waals surface area contributed by atoms with Gasteiger partial charge in [0.15, 0.2) is 0 Å². The fourth-order valence-corrected chi connectivity index (χ4v) is 2.88. The number of benzene rings is 1. The number of fused-ring (bicyclic) bond motifs is 1. The number of ether oxygens (including phenoxy) is 2. The molecule has 1 aliphatic heterocycles. The van der Waals surface area contributed by atoms with E-state index in [2.05, 4.69) is 9.72 Å². The first-order valence-electron chi connectivity index (χ1n) is 7.76. The van der Waals surface area contributed by atoms with Crippen LogP contribution in [-0.2, 0) is 17.7 Å². The molecule has 1 N–H and O–H groups in total. The number of hydrogen-bond donors (Lipinski definition) is 1. The second-order valence-electron chi connectivity index (χ2n) is 5.68. The van der Waals surface area contributed by atoms with Crippen LogP contribution in [0.5, 0.6) is 11.5 Å². The third kappa shape index (κ3) is 3.26. The van der Waals surface area contributed by atoms with Crippen molar-refractivity contribution in [1.82, 2.24) is 9.88 Å². The van der Waals surface area contributed by atoms with Gasteiger partial charge in [0.1, 0.15) is 11.5 Å². The van der Waals surface area contributed by atoms with Crippen molar-refractivity contribution in [3.8, 4) is 11.5 Å². The van der Waals surface area contributed by atoms with Crippen LogP contribution in [0.2, 0.25) is 0 Å². The van der Waals surface area contributed by atoms with Gasteiger partial charge in [-0.15, -0.1) is 0 Å². The molecule has 0 spiro atoms. The number of esters is 1. The van der Waals surface area contributed by atoms with Gasteiger partial charge in [-0.3, -0.25) is 9.78 Å². The van der Waals surface area contributed by atoms with E-state index in [-0.39, 0.29) is 17.2 Å². The van der Waals surface area contributed by atoms with Gasteiger partial charge in [-0.1, -0.05) is 0 Å². The van der Waals surface area contributed by atoms with Crippen LogP contribution in [0.25, 0.3) is 0 Å². The zero-order valence-corrected chi connectivity index (χ0v) is 14.0. The fourth-order valence-electron chi connectivity index (χ4n) is 2.88. The molecule has 0 aliphatic carbocycles. The van der Waals surface area contributed by atoms with Crippen molar-refractivity contribution in [2.45, 2.75) is 13.0 Å². The van der Waals surface area contributed by atoms with Gasteiger partial charge in [-0.2, -0.15) is 0 Å². The second-order valence-corrected chi connectivity index (χ2v) is 5.68. The van der Waals surface area contributed by atoms with E-state index in [0.29, 0.717) is 42.1 Å². The van der Waals surface area contributed by atoms with Crippen LogP contribution < -0.4 is 4.74 Å². The molecule has 0 bridgehead atoms. The molecule has 0 saturated heterocycles. The number of aromatic hydroxyl groups is 1. The summed E-state index contributed by atoms with van der Waals surface area (Å²) in [5.41, 5.74) is 1.71. The Kier molecular flexibility index (Phi) is 4.56. The molecule has 0 radical (unpaired) electrons. The number of methoxy groups -OCH3 is 2. The van der Waals surface area contributed by atoms with Crippen LogP contribution in [0.3, 0.4) is 0 Å². The maximum atomic E-state index is 12.8. The molecule has 130 valence electrons. The Labute approximate surface area is 144 Å². The molecule has 0 atom stereocenters.